The van der Waals surface area contributed by atoms with Crippen LogP contribution in [0.25, 0.3) is 0 Å². The topological polar surface area (TPSA) is 0 Å². The first-order valence-electron chi connectivity index (χ1n) is 5.00. The van der Waals surface area contributed by atoms with Crippen molar-refractivity contribution in [2.45, 2.75) is 43.9 Å². The Balaban J connectivity index is 1.97. The van der Waals surface area contributed by atoms with E-state index in [9.17, 15) is 8.78 Å². The lowest BCUT2D eigenvalue weighted by atomic mass is 9.54. The molecule has 0 aromatic heterocycles. The maximum absolute atomic E-state index is 13.9. The van der Waals surface area contributed by atoms with Gasteiger partial charge in [0.15, 0.2) is 0 Å². The summed E-state index contributed by atoms with van der Waals surface area (Å²) in [6, 6.07) is 0. The van der Waals surface area contributed by atoms with Crippen molar-refractivity contribution in [1.82, 2.24) is 0 Å². The quantitative estimate of drug-likeness (QED) is 0.527. The van der Waals surface area contributed by atoms with Crippen LogP contribution in [0, 0.1) is 17.8 Å². The maximum Gasteiger partial charge on any atom is 0.142 e. The second-order valence-electron chi connectivity index (χ2n) is 5.04. The van der Waals surface area contributed by atoms with E-state index in [4.69, 9.17) is 0 Å². The van der Waals surface area contributed by atoms with Crippen LogP contribution >= 0.6 is 0 Å². The monoisotopic (exact) mass is 172 g/mol. The van der Waals surface area contributed by atoms with E-state index in [1.54, 1.807) is 0 Å². The molecule has 0 saturated heterocycles. The van der Waals surface area contributed by atoms with Gasteiger partial charge in [0.25, 0.3) is 0 Å². The summed E-state index contributed by atoms with van der Waals surface area (Å²) in [7, 11) is 0. The lowest BCUT2D eigenvalue weighted by Gasteiger charge is -2.54. The van der Waals surface area contributed by atoms with Gasteiger partial charge < -0.3 is 0 Å². The predicted molar refractivity (Wildman–Crippen MR) is 42.3 cm³/mol. The molecule has 4 fully saturated rings. The van der Waals surface area contributed by atoms with Crippen molar-refractivity contribution in [2.24, 2.45) is 17.8 Å². The van der Waals surface area contributed by atoms with Crippen molar-refractivity contribution < 1.29 is 8.78 Å². The van der Waals surface area contributed by atoms with Crippen LogP contribution in [0.3, 0.4) is 0 Å². The molecule has 4 aliphatic carbocycles. The fourth-order valence-corrected chi connectivity index (χ4v) is 3.88. The summed E-state index contributed by atoms with van der Waals surface area (Å²) >= 11 is 0. The molecule has 0 heterocycles. The Hall–Kier alpha value is -0.140. The summed E-state index contributed by atoms with van der Waals surface area (Å²) in [5.41, 5.74) is -1.41. The highest BCUT2D eigenvalue weighted by Gasteiger charge is 2.58. The molecule has 68 valence electrons. The third-order valence-corrected chi connectivity index (χ3v) is 4.10. The fraction of sp³-hybridized carbons (Fsp3) is 1.00. The Morgan fingerprint density at radius 1 is 1.00 bits per heavy atom. The van der Waals surface area contributed by atoms with Gasteiger partial charge in [-0.05, 0) is 49.9 Å². The molecule has 12 heavy (non-hydrogen) atoms. The van der Waals surface area contributed by atoms with E-state index >= 15 is 0 Å². The van der Waals surface area contributed by atoms with Gasteiger partial charge in [-0.1, -0.05) is 0 Å². The summed E-state index contributed by atoms with van der Waals surface area (Å²) in [5.74, 6) is 1.10. The molecule has 0 spiro atoms. The van der Waals surface area contributed by atoms with Crippen LogP contribution in [-0.4, -0.2) is 11.8 Å². The van der Waals surface area contributed by atoms with E-state index in [1.807, 2.05) is 0 Å². The molecular weight excluding hydrogens is 158 g/mol. The average Bonchev–Trinajstić information content (AvgIpc) is 1.98. The SMILES string of the molecule is F[C@@H]1C2C[C@H]3C[C@H](C2)CC1(F)C3. The molecule has 0 radical (unpaired) electrons. The Kier molecular flexibility index (Phi) is 1.23. The highest BCUT2D eigenvalue weighted by molar-refractivity contribution is 5.07. The predicted octanol–water partition coefficient (Wildman–Crippen LogP) is 2.87. The van der Waals surface area contributed by atoms with Crippen LogP contribution in [0.1, 0.15) is 32.1 Å². The lowest BCUT2D eigenvalue weighted by molar-refractivity contribution is -0.134. The Bertz CT molecular complexity index is 200. The number of halogens is 2. The fourth-order valence-electron chi connectivity index (χ4n) is 3.88. The molecule has 3 atom stereocenters. The molecule has 4 saturated carbocycles. The Labute approximate surface area is 71.3 Å². The first-order chi connectivity index (χ1) is 5.67. The van der Waals surface area contributed by atoms with Crippen LogP contribution in [0.5, 0.6) is 0 Å². The molecule has 0 amide bonds. The summed E-state index contributed by atoms with van der Waals surface area (Å²) < 4.78 is 27.4. The van der Waals surface area contributed by atoms with Gasteiger partial charge in [0, 0.05) is 0 Å². The lowest BCUT2D eigenvalue weighted by Crippen LogP contribution is -2.56. The van der Waals surface area contributed by atoms with Crippen molar-refractivity contribution in [2.75, 3.05) is 0 Å². The molecule has 0 unspecified atom stereocenters. The number of hydrogen-bond acceptors (Lipinski definition) is 0. The normalized spacial score (nSPS) is 62.5. The molecule has 0 nitrogen and oxygen atoms in total. The molecule has 0 N–H and O–H groups in total. The van der Waals surface area contributed by atoms with Gasteiger partial charge in [-0.25, -0.2) is 8.78 Å². The van der Waals surface area contributed by atoms with Gasteiger partial charge in [0.05, 0.1) is 0 Å². The van der Waals surface area contributed by atoms with Crippen LogP contribution in [0.15, 0.2) is 0 Å². The van der Waals surface area contributed by atoms with Gasteiger partial charge >= 0.3 is 0 Å². The largest absolute Gasteiger partial charge is 0.244 e. The van der Waals surface area contributed by atoms with E-state index in [0.717, 1.165) is 12.8 Å². The van der Waals surface area contributed by atoms with Gasteiger partial charge in [0.2, 0.25) is 0 Å². The van der Waals surface area contributed by atoms with Crippen molar-refractivity contribution in [1.29, 1.82) is 0 Å². The Morgan fingerprint density at radius 3 is 2.08 bits per heavy atom. The van der Waals surface area contributed by atoms with Crippen molar-refractivity contribution in [3.8, 4) is 0 Å². The molecule has 4 rings (SSSR count). The molecule has 4 aliphatic rings. The number of rotatable bonds is 0. The second kappa shape index (κ2) is 2.02. The minimum atomic E-state index is -1.41. The average molecular weight is 172 g/mol. The number of alkyl halides is 2. The van der Waals surface area contributed by atoms with Gasteiger partial charge in [0.1, 0.15) is 11.8 Å². The zero-order chi connectivity index (χ0) is 8.34. The third-order valence-electron chi connectivity index (χ3n) is 4.10. The van der Waals surface area contributed by atoms with Crippen LogP contribution in [-0.2, 0) is 0 Å². The smallest absolute Gasteiger partial charge is 0.142 e. The summed E-state index contributed by atoms with van der Waals surface area (Å²) in [5, 5.41) is 0. The molecule has 4 bridgehead atoms. The summed E-state index contributed by atoms with van der Waals surface area (Å²) in [4.78, 5) is 0. The zero-order valence-corrected chi connectivity index (χ0v) is 7.10. The Morgan fingerprint density at radius 2 is 1.58 bits per heavy atom. The van der Waals surface area contributed by atoms with Crippen molar-refractivity contribution in [3.63, 3.8) is 0 Å². The third kappa shape index (κ3) is 0.763. The van der Waals surface area contributed by atoms with Gasteiger partial charge in [-0.2, -0.15) is 0 Å². The number of hydrogen-bond donors (Lipinski definition) is 0. The maximum atomic E-state index is 13.9. The first kappa shape index (κ1) is 7.28. The minimum Gasteiger partial charge on any atom is -0.244 e. The van der Waals surface area contributed by atoms with Gasteiger partial charge in [-0.15, -0.1) is 0 Å². The molecular formula is C10H14F2. The van der Waals surface area contributed by atoms with Crippen LogP contribution in [0.2, 0.25) is 0 Å². The molecule has 0 aliphatic heterocycles. The van der Waals surface area contributed by atoms with E-state index in [-0.39, 0.29) is 5.92 Å². The zero-order valence-electron chi connectivity index (χ0n) is 7.10. The highest BCUT2D eigenvalue weighted by Crippen LogP contribution is 2.58. The van der Waals surface area contributed by atoms with Crippen LogP contribution in [0.4, 0.5) is 8.78 Å². The summed E-state index contributed by atoms with van der Waals surface area (Å²) in [6.07, 6.45) is 2.99. The van der Waals surface area contributed by atoms with E-state index in [1.165, 1.54) is 6.42 Å². The van der Waals surface area contributed by atoms with Crippen molar-refractivity contribution in [3.05, 3.63) is 0 Å². The van der Waals surface area contributed by atoms with E-state index in [0.29, 0.717) is 24.7 Å². The first-order valence-corrected chi connectivity index (χ1v) is 5.00. The van der Waals surface area contributed by atoms with Crippen molar-refractivity contribution >= 4 is 0 Å². The van der Waals surface area contributed by atoms with Crippen LogP contribution < -0.4 is 0 Å². The minimum absolute atomic E-state index is 0.0706. The van der Waals surface area contributed by atoms with E-state index in [2.05, 4.69) is 0 Å². The molecule has 0 aromatic rings. The summed E-state index contributed by atoms with van der Waals surface area (Å²) in [6.45, 7) is 0. The second-order valence-corrected chi connectivity index (χ2v) is 5.04. The molecule has 0 aromatic carbocycles. The van der Waals surface area contributed by atoms with Gasteiger partial charge in [-0.3, -0.25) is 0 Å². The van der Waals surface area contributed by atoms with E-state index < -0.39 is 11.8 Å². The highest BCUT2D eigenvalue weighted by atomic mass is 19.2. The standard InChI is InChI=1S/C10H14F2/c11-9-8-2-6-1-7(3-8)5-10(9,12)4-6/h6-9H,1-5H2/t6-,7-,8?,9-,10?/m1/s1. The molecule has 2 heteroatoms.